The van der Waals surface area contributed by atoms with Gasteiger partial charge in [0.05, 0.1) is 11.7 Å². The standard InChI is InChI=1S/C17H24N2S2/c1-6-15-12(4)21-17(19-15)16(18-11(2)3)13-7-9-14(20-5)10-8-13/h7-11,16,18H,6H2,1-5H3. The summed E-state index contributed by atoms with van der Waals surface area (Å²) in [5.41, 5.74) is 2.52. The van der Waals surface area contributed by atoms with Crippen molar-refractivity contribution in [2.75, 3.05) is 6.26 Å². The molecule has 1 heterocycles. The predicted octanol–water partition coefficient (Wildman–Crippen LogP) is 4.82. The lowest BCUT2D eigenvalue weighted by molar-refractivity contribution is 0.526. The van der Waals surface area contributed by atoms with Gasteiger partial charge in [-0.2, -0.15) is 0 Å². The van der Waals surface area contributed by atoms with Crippen molar-refractivity contribution >= 4 is 23.1 Å². The van der Waals surface area contributed by atoms with Crippen molar-refractivity contribution in [3.05, 3.63) is 45.4 Å². The van der Waals surface area contributed by atoms with Crippen LogP contribution in [0, 0.1) is 6.92 Å². The van der Waals surface area contributed by atoms with Crippen LogP contribution in [0.1, 0.15) is 48.0 Å². The van der Waals surface area contributed by atoms with Crippen LogP contribution in [-0.2, 0) is 6.42 Å². The Morgan fingerprint density at radius 3 is 2.38 bits per heavy atom. The third-order valence-electron chi connectivity index (χ3n) is 3.44. The molecule has 1 aromatic carbocycles. The van der Waals surface area contributed by atoms with E-state index < -0.39 is 0 Å². The summed E-state index contributed by atoms with van der Waals surface area (Å²) in [4.78, 5) is 7.49. The number of hydrogen-bond acceptors (Lipinski definition) is 4. The highest BCUT2D eigenvalue weighted by molar-refractivity contribution is 7.98. The van der Waals surface area contributed by atoms with E-state index in [4.69, 9.17) is 4.98 Å². The Morgan fingerprint density at radius 2 is 1.90 bits per heavy atom. The monoisotopic (exact) mass is 320 g/mol. The first-order valence-electron chi connectivity index (χ1n) is 7.41. The quantitative estimate of drug-likeness (QED) is 0.772. The molecule has 1 N–H and O–H groups in total. The summed E-state index contributed by atoms with van der Waals surface area (Å²) in [5.74, 6) is 0. The molecule has 0 aliphatic carbocycles. The Bertz CT molecular complexity index is 573. The summed E-state index contributed by atoms with van der Waals surface area (Å²) in [6.07, 6.45) is 3.11. The molecule has 0 aliphatic heterocycles. The van der Waals surface area contributed by atoms with Gasteiger partial charge in [-0.1, -0.05) is 19.1 Å². The topological polar surface area (TPSA) is 24.9 Å². The first-order valence-corrected chi connectivity index (χ1v) is 9.45. The van der Waals surface area contributed by atoms with Crippen molar-refractivity contribution in [1.29, 1.82) is 0 Å². The zero-order chi connectivity index (χ0) is 15.4. The van der Waals surface area contributed by atoms with E-state index in [-0.39, 0.29) is 6.04 Å². The van der Waals surface area contributed by atoms with Crippen LogP contribution in [0.2, 0.25) is 0 Å². The molecule has 0 amide bonds. The van der Waals surface area contributed by atoms with Gasteiger partial charge in [0, 0.05) is 15.8 Å². The lowest BCUT2D eigenvalue weighted by atomic mass is 10.1. The van der Waals surface area contributed by atoms with Crippen molar-refractivity contribution in [3.63, 3.8) is 0 Å². The van der Waals surface area contributed by atoms with Crippen molar-refractivity contribution in [1.82, 2.24) is 10.3 Å². The SMILES string of the molecule is CCc1nc(C(NC(C)C)c2ccc(SC)cc2)sc1C. The van der Waals surface area contributed by atoms with Crippen LogP contribution < -0.4 is 5.32 Å². The summed E-state index contributed by atoms with van der Waals surface area (Å²) in [6.45, 7) is 8.71. The van der Waals surface area contributed by atoms with E-state index >= 15 is 0 Å². The maximum atomic E-state index is 4.85. The van der Waals surface area contributed by atoms with Crippen LogP contribution in [-0.4, -0.2) is 17.3 Å². The summed E-state index contributed by atoms with van der Waals surface area (Å²) >= 11 is 3.59. The minimum Gasteiger partial charge on any atom is -0.302 e. The number of aromatic nitrogens is 1. The van der Waals surface area contributed by atoms with E-state index in [1.165, 1.54) is 26.0 Å². The fraction of sp³-hybridized carbons (Fsp3) is 0.471. The molecule has 0 saturated heterocycles. The summed E-state index contributed by atoms with van der Waals surface area (Å²) in [5, 5.41) is 4.83. The Hall–Kier alpha value is -0.840. The van der Waals surface area contributed by atoms with E-state index in [0.717, 1.165) is 6.42 Å². The second-order valence-corrected chi connectivity index (χ2v) is 7.55. The van der Waals surface area contributed by atoms with Gasteiger partial charge in [-0.3, -0.25) is 0 Å². The van der Waals surface area contributed by atoms with Gasteiger partial charge in [0.1, 0.15) is 5.01 Å². The van der Waals surface area contributed by atoms with Gasteiger partial charge in [-0.05, 0) is 51.1 Å². The maximum Gasteiger partial charge on any atom is 0.115 e. The van der Waals surface area contributed by atoms with Crippen molar-refractivity contribution in [2.24, 2.45) is 0 Å². The highest BCUT2D eigenvalue weighted by Gasteiger charge is 2.20. The van der Waals surface area contributed by atoms with Crippen LogP contribution in [0.3, 0.4) is 0 Å². The van der Waals surface area contributed by atoms with Gasteiger partial charge in [0.2, 0.25) is 0 Å². The Labute approximate surface area is 136 Å². The fourth-order valence-electron chi connectivity index (χ4n) is 2.34. The second-order valence-electron chi connectivity index (χ2n) is 5.44. The van der Waals surface area contributed by atoms with Crippen molar-refractivity contribution in [3.8, 4) is 0 Å². The molecule has 2 rings (SSSR count). The van der Waals surface area contributed by atoms with Crippen molar-refractivity contribution in [2.45, 2.75) is 51.1 Å². The zero-order valence-corrected chi connectivity index (χ0v) is 15.1. The number of thiazole rings is 1. The van der Waals surface area contributed by atoms with Crippen LogP contribution in [0.15, 0.2) is 29.2 Å². The van der Waals surface area contributed by atoms with Crippen LogP contribution in [0.5, 0.6) is 0 Å². The average molecular weight is 321 g/mol. The van der Waals surface area contributed by atoms with Crippen LogP contribution in [0.4, 0.5) is 0 Å². The number of nitrogens with zero attached hydrogens (tertiary/aromatic N) is 1. The van der Waals surface area contributed by atoms with E-state index in [1.54, 1.807) is 11.8 Å². The third-order valence-corrected chi connectivity index (χ3v) is 5.26. The number of thioether (sulfide) groups is 1. The van der Waals surface area contributed by atoms with Crippen LogP contribution >= 0.6 is 23.1 Å². The molecule has 1 aromatic heterocycles. The predicted molar refractivity (Wildman–Crippen MR) is 94.6 cm³/mol. The lowest BCUT2D eigenvalue weighted by Crippen LogP contribution is -2.28. The lowest BCUT2D eigenvalue weighted by Gasteiger charge is -2.20. The summed E-state index contributed by atoms with van der Waals surface area (Å²) in [6, 6.07) is 9.42. The molecule has 4 heteroatoms. The average Bonchev–Trinajstić information content (AvgIpc) is 2.85. The molecule has 0 fully saturated rings. The number of hydrogen-bond donors (Lipinski definition) is 1. The molecular weight excluding hydrogens is 296 g/mol. The fourth-order valence-corrected chi connectivity index (χ4v) is 3.85. The highest BCUT2D eigenvalue weighted by Crippen LogP contribution is 2.30. The molecule has 0 bridgehead atoms. The van der Waals surface area contributed by atoms with E-state index in [1.807, 2.05) is 11.3 Å². The first kappa shape index (κ1) is 16.5. The largest absolute Gasteiger partial charge is 0.302 e. The van der Waals surface area contributed by atoms with Crippen molar-refractivity contribution < 1.29 is 0 Å². The smallest absolute Gasteiger partial charge is 0.115 e. The van der Waals surface area contributed by atoms with Crippen LogP contribution in [0.25, 0.3) is 0 Å². The maximum absolute atomic E-state index is 4.85. The van der Waals surface area contributed by atoms with E-state index in [0.29, 0.717) is 6.04 Å². The second kappa shape index (κ2) is 7.43. The minimum absolute atomic E-state index is 0.185. The van der Waals surface area contributed by atoms with Gasteiger partial charge in [0.25, 0.3) is 0 Å². The minimum atomic E-state index is 0.185. The molecule has 1 unspecified atom stereocenters. The number of rotatable bonds is 6. The van der Waals surface area contributed by atoms with Gasteiger partial charge >= 0.3 is 0 Å². The van der Waals surface area contributed by atoms with Gasteiger partial charge < -0.3 is 5.32 Å². The van der Waals surface area contributed by atoms with E-state index in [2.05, 4.69) is 63.5 Å². The van der Waals surface area contributed by atoms with Gasteiger partial charge in [0.15, 0.2) is 0 Å². The molecular formula is C17H24N2S2. The molecule has 2 aromatic rings. The third kappa shape index (κ3) is 4.09. The van der Waals surface area contributed by atoms with Gasteiger partial charge in [-0.25, -0.2) is 4.98 Å². The number of nitrogens with one attached hydrogen (secondary N) is 1. The Balaban J connectivity index is 2.36. The molecule has 0 spiro atoms. The first-order chi connectivity index (χ1) is 10.0. The summed E-state index contributed by atoms with van der Waals surface area (Å²) < 4.78 is 0. The molecule has 21 heavy (non-hydrogen) atoms. The number of benzene rings is 1. The molecule has 0 radical (unpaired) electrons. The molecule has 1 atom stereocenters. The Kier molecular flexibility index (Phi) is 5.85. The highest BCUT2D eigenvalue weighted by atomic mass is 32.2. The van der Waals surface area contributed by atoms with E-state index in [9.17, 15) is 0 Å². The molecule has 114 valence electrons. The zero-order valence-electron chi connectivity index (χ0n) is 13.4. The normalized spacial score (nSPS) is 12.9. The molecule has 0 saturated carbocycles. The number of aryl methyl sites for hydroxylation is 2. The Morgan fingerprint density at radius 1 is 1.24 bits per heavy atom. The van der Waals surface area contributed by atoms with Gasteiger partial charge in [-0.15, -0.1) is 23.1 Å². The molecule has 0 aliphatic rings. The summed E-state index contributed by atoms with van der Waals surface area (Å²) in [7, 11) is 0. The molecule has 2 nitrogen and oxygen atoms in total.